The predicted octanol–water partition coefficient (Wildman–Crippen LogP) is 0.713. The van der Waals surface area contributed by atoms with E-state index in [0.717, 1.165) is 25.9 Å². The van der Waals surface area contributed by atoms with Crippen LogP contribution in [0.15, 0.2) is 18.7 Å². The molecule has 0 aliphatic carbocycles. The molecular weight excluding hydrogens is 166 g/mol. The molecule has 1 aliphatic heterocycles. The summed E-state index contributed by atoms with van der Waals surface area (Å²) < 4.78 is 0. The zero-order valence-corrected chi connectivity index (χ0v) is 7.31. The van der Waals surface area contributed by atoms with E-state index in [9.17, 15) is 4.79 Å². The maximum atomic E-state index is 11.7. The SMILES string of the molecule is O=C(c1cncnc1)N1CCCC1. The molecule has 0 N–H and O–H groups in total. The van der Waals surface area contributed by atoms with Crippen molar-refractivity contribution in [1.29, 1.82) is 0 Å². The van der Waals surface area contributed by atoms with Crippen LogP contribution in [0, 0.1) is 0 Å². The molecule has 0 radical (unpaired) electrons. The average molecular weight is 177 g/mol. The fraction of sp³-hybridized carbons (Fsp3) is 0.444. The first-order valence-electron chi connectivity index (χ1n) is 4.42. The molecule has 68 valence electrons. The van der Waals surface area contributed by atoms with Crippen LogP contribution >= 0.6 is 0 Å². The van der Waals surface area contributed by atoms with Crippen molar-refractivity contribution in [3.8, 4) is 0 Å². The van der Waals surface area contributed by atoms with E-state index in [-0.39, 0.29) is 5.91 Å². The molecule has 13 heavy (non-hydrogen) atoms. The standard InChI is InChI=1S/C9H11N3O/c13-9(12-3-1-2-4-12)8-5-10-7-11-6-8/h5-7H,1-4H2. The van der Waals surface area contributed by atoms with Crippen LogP contribution in [0.2, 0.25) is 0 Å². The third kappa shape index (κ3) is 1.66. The van der Waals surface area contributed by atoms with Gasteiger partial charge in [-0.15, -0.1) is 0 Å². The molecular formula is C9H11N3O. The topological polar surface area (TPSA) is 46.1 Å². The van der Waals surface area contributed by atoms with E-state index in [1.807, 2.05) is 4.90 Å². The predicted molar refractivity (Wildman–Crippen MR) is 47.2 cm³/mol. The summed E-state index contributed by atoms with van der Waals surface area (Å²) in [6.45, 7) is 1.74. The minimum Gasteiger partial charge on any atom is -0.339 e. The second kappa shape index (κ2) is 3.51. The van der Waals surface area contributed by atoms with Crippen LogP contribution in [0.4, 0.5) is 0 Å². The molecule has 0 unspecified atom stereocenters. The Hall–Kier alpha value is -1.45. The second-order valence-electron chi connectivity index (χ2n) is 3.13. The molecule has 1 aliphatic rings. The van der Waals surface area contributed by atoms with Crippen molar-refractivity contribution in [3.05, 3.63) is 24.3 Å². The number of hydrogen-bond acceptors (Lipinski definition) is 3. The summed E-state index contributed by atoms with van der Waals surface area (Å²) in [6.07, 6.45) is 6.78. The van der Waals surface area contributed by atoms with Crippen LogP contribution in [-0.4, -0.2) is 33.9 Å². The van der Waals surface area contributed by atoms with E-state index in [1.165, 1.54) is 6.33 Å². The van der Waals surface area contributed by atoms with Gasteiger partial charge in [-0.1, -0.05) is 0 Å². The number of hydrogen-bond donors (Lipinski definition) is 0. The maximum Gasteiger partial charge on any atom is 0.256 e. The van der Waals surface area contributed by atoms with Crippen LogP contribution in [-0.2, 0) is 0 Å². The number of rotatable bonds is 1. The fourth-order valence-electron chi connectivity index (χ4n) is 1.51. The molecule has 1 aromatic heterocycles. The average Bonchev–Trinajstić information content (AvgIpc) is 2.71. The van der Waals surface area contributed by atoms with Gasteiger partial charge in [0.1, 0.15) is 6.33 Å². The van der Waals surface area contributed by atoms with Crippen molar-refractivity contribution in [2.75, 3.05) is 13.1 Å². The molecule has 1 amide bonds. The number of aromatic nitrogens is 2. The highest BCUT2D eigenvalue weighted by Crippen LogP contribution is 2.10. The summed E-state index contributed by atoms with van der Waals surface area (Å²) >= 11 is 0. The molecule has 1 aromatic rings. The fourth-order valence-corrected chi connectivity index (χ4v) is 1.51. The van der Waals surface area contributed by atoms with Crippen molar-refractivity contribution in [1.82, 2.24) is 14.9 Å². The van der Waals surface area contributed by atoms with Crippen LogP contribution in [0.25, 0.3) is 0 Å². The van der Waals surface area contributed by atoms with Crippen molar-refractivity contribution in [2.24, 2.45) is 0 Å². The first-order chi connectivity index (χ1) is 6.38. The van der Waals surface area contributed by atoms with Gasteiger partial charge in [0.15, 0.2) is 0 Å². The first-order valence-corrected chi connectivity index (χ1v) is 4.42. The Morgan fingerprint density at radius 1 is 1.23 bits per heavy atom. The molecule has 0 aromatic carbocycles. The van der Waals surface area contributed by atoms with E-state index in [0.29, 0.717) is 5.56 Å². The van der Waals surface area contributed by atoms with Gasteiger partial charge in [-0.25, -0.2) is 9.97 Å². The third-order valence-corrected chi connectivity index (χ3v) is 2.20. The van der Waals surface area contributed by atoms with Gasteiger partial charge in [0.25, 0.3) is 5.91 Å². The van der Waals surface area contributed by atoms with Gasteiger partial charge in [-0.2, -0.15) is 0 Å². The van der Waals surface area contributed by atoms with Crippen LogP contribution in [0.1, 0.15) is 23.2 Å². The summed E-state index contributed by atoms with van der Waals surface area (Å²) in [7, 11) is 0. The Kier molecular flexibility index (Phi) is 2.21. The van der Waals surface area contributed by atoms with Crippen molar-refractivity contribution >= 4 is 5.91 Å². The quantitative estimate of drug-likeness (QED) is 0.634. The minimum atomic E-state index is 0.0538. The van der Waals surface area contributed by atoms with Crippen molar-refractivity contribution in [3.63, 3.8) is 0 Å². The molecule has 2 heterocycles. The first kappa shape index (κ1) is 8.16. The van der Waals surface area contributed by atoms with Gasteiger partial charge >= 0.3 is 0 Å². The smallest absolute Gasteiger partial charge is 0.256 e. The molecule has 0 spiro atoms. The zero-order valence-electron chi connectivity index (χ0n) is 7.31. The van der Waals surface area contributed by atoms with E-state index in [1.54, 1.807) is 12.4 Å². The number of carbonyl (C=O) groups excluding carboxylic acids is 1. The van der Waals surface area contributed by atoms with E-state index in [4.69, 9.17) is 0 Å². The zero-order chi connectivity index (χ0) is 9.10. The van der Waals surface area contributed by atoms with Crippen molar-refractivity contribution in [2.45, 2.75) is 12.8 Å². The lowest BCUT2D eigenvalue weighted by molar-refractivity contribution is 0.0792. The van der Waals surface area contributed by atoms with E-state index in [2.05, 4.69) is 9.97 Å². The summed E-state index contributed by atoms with van der Waals surface area (Å²) in [4.78, 5) is 21.2. The normalized spacial score (nSPS) is 16.2. The molecule has 1 saturated heterocycles. The lowest BCUT2D eigenvalue weighted by atomic mass is 10.3. The Morgan fingerprint density at radius 3 is 2.46 bits per heavy atom. The van der Waals surface area contributed by atoms with Crippen molar-refractivity contribution < 1.29 is 4.79 Å². The van der Waals surface area contributed by atoms with Crippen LogP contribution < -0.4 is 0 Å². The maximum absolute atomic E-state index is 11.7. The Morgan fingerprint density at radius 2 is 1.85 bits per heavy atom. The monoisotopic (exact) mass is 177 g/mol. The Bertz CT molecular complexity index is 293. The van der Waals surface area contributed by atoms with Gasteiger partial charge in [-0.3, -0.25) is 4.79 Å². The number of likely N-dealkylation sites (tertiary alicyclic amines) is 1. The molecule has 0 atom stereocenters. The molecule has 0 bridgehead atoms. The lowest BCUT2D eigenvalue weighted by Crippen LogP contribution is -2.27. The summed E-state index contributed by atoms with van der Waals surface area (Å²) in [5, 5.41) is 0. The van der Waals surface area contributed by atoms with Gasteiger partial charge < -0.3 is 4.90 Å². The highest BCUT2D eigenvalue weighted by atomic mass is 16.2. The van der Waals surface area contributed by atoms with Gasteiger partial charge in [0.2, 0.25) is 0 Å². The molecule has 0 saturated carbocycles. The molecule has 4 heteroatoms. The molecule has 4 nitrogen and oxygen atoms in total. The second-order valence-corrected chi connectivity index (χ2v) is 3.13. The Labute approximate surface area is 76.6 Å². The van der Waals surface area contributed by atoms with E-state index >= 15 is 0 Å². The third-order valence-electron chi connectivity index (χ3n) is 2.20. The van der Waals surface area contributed by atoms with Gasteiger partial charge in [0.05, 0.1) is 5.56 Å². The number of nitrogens with zero attached hydrogens (tertiary/aromatic N) is 3. The highest BCUT2D eigenvalue weighted by molar-refractivity contribution is 5.93. The van der Waals surface area contributed by atoms with E-state index < -0.39 is 0 Å². The largest absolute Gasteiger partial charge is 0.339 e. The summed E-state index contributed by atoms with van der Waals surface area (Å²) in [5.41, 5.74) is 0.587. The highest BCUT2D eigenvalue weighted by Gasteiger charge is 2.19. The number of carbonyl (C=O) groups is 1. The molecule has 2 rings (SSSR count). The molecule has 1 fully saturated rings. The number of amides is 1. The Balaban J connectivity index is 2.13. The minimum absolute atomic E-state index is 0.0538. The van der Waals surface area contributed by atoms with Gasteiger partial charge in [0, 0.05) is 25.5 Å². The lowest BCUT2D eigenvalue weighted by Gasteiger charge is -2.13. The van der Waals surface area contributed by atoms with Gasteiger partial charge in [-0.05, 0) is 12.8 Å². The van der Waals surface area contributed by atoms with Crippen LogP contribution in [0.5, 0.6) is 0 Å². The van der Waals surface area contributed by atoms with Crippen LogP contribution in [0.3, 0.4) is 0 Å². The summed E-state index contributed by atoms with van der Waals surface area (Å²) in [6, 6.07) is 0. The summed E-state index contributed by atoms with van der Waals surface area (Å²) in [5.74, 6) is 0.0538.